The predicted molar refractivity (Wildman–Crippen MR) is 58.8 cm³/mol. The van der Waals surface area contributed by atoms with E-state index in [0.717, 1.165) is 0 Å². The van der Waals surface area contributed by atoms with Crippen molar-refractivity contribution in [1.82, 2.24) is 5.32 Å². The van der Waals surface area contributed by atoms with E-state index in [4.69, 9.17) is 15.9 Å². The normalized spacial score (nSPS) is 16.2. The fourth-order valence-corrected chi connectivity index (χ4v) is 1.04. The molecule has 0 aromatic rings. The maximum atomic E-state index is 11.5. The molecule has 0 aromatic carbocycles. The average molecular weight is 232 g/mol. The molecule has 0 saturated carbocycles. The molecule has 0 aliphatic heterocycles. The number of carbonyl (C=O) groups is 2. The molecule has 0 saturated heterocycles. The van der Waals surface area contributed by atoms with E-state index in [1.165, 1.54) is 0 Å². The Bertz CT molecular complexity index is 251. The van der Waals surface area contributed by atoms with Crippen LogP contribution < -0.4 is 11.1 Å². The van der Waals surface area contributed by atoms with Crippen LogP contribution in [0.25, 0.3) is 0 Å². The minimum atomic E-state index is -0.983. The van der Waals surface area contributed by atoms with Gasteiger partial charge in [0.15, 0.2) is 0 Å². The van der Waals surface area contributed by atoms with Crippen LogP contribution in [-0.4, -0.2) is 40.3 Å². The highest BCUT2D eigenvalue weighted by Gasteiger charge is 2.26. The lowest BCUT2D eigenvalue weighted by Crippen LogP contribution is -2.53. The monoisotopic (exact) mass is 232 g/mol. The van der Waals surface area contributed by atoms with Gasteiger partial charge in [-0.1, -0.05) is 6.92 Å². The van der Waals surface area contributed by atoms with E-state index in [2.05, 4.69) is 5.32 Å². The molecular formula is C10H20N2O4. The Morgan fingerprint density at radius 1 is 1.50 bits per heavy atom. The lowest BCUT2D eigenvalue weighted by molar-refractivity contribution is -0.137. The summed E-state index contributed by atoms with van der Waals surface area (Å²) < 4.78 is 0. The molecule has 0 fully saturated rings. The molecule has 0 aliphatic carbocycles. The van der Waals surface area contributed by atoms with Crippen LogP contribution in [0.4, 0.5) is 0 Å². The molecule has 6 nitrogen and oxygen atoms in total. The molecule has 0 aliphatic rings. The number of nitrogens with one attached hydrogen (secondary N) is 1. The first-order valence-corrected chi connectivity index (χ1v) is 5.25. The molecule has 1 amide bonds. The van der Waals surface area contributed by atoms with E-state index in [1.54, 1.807) is 6.92 Å². The first-order chi connectivity index (χ1) is 7.34. The van der Waals surface area contributed by atoms with Gasteiger partial charge in [-0.05, 0) is 19.8 Å². The van der Waals surface area contributed by atoms with Gasteiger partial charge in [0.2, 0.25) is 5.91 Å². The van der Waals surface area contributed by atoms with Crippen molar-refractivity contribution in [2.75, 3.05) is 6.61 Å². The zero-order valence-corrected chi connectivity index (χ0v) is 9.69. The Morgan fingerprint density at radius 2 is 2.06 bits per heavy atom. The van der Waals surface area contributed by atoms with Gasteiger partial charge in [0, 0.05) is 6.42 Å². The van der Waals surface area contributed by atoms with Crippen molar-refractivity contribution < 1.29 is 19.8 Å². The number of carboxylic acid groups (broad SMARTS) is 1. The van der Waals surface area contributed by atoms with Crippen molar-refractivity contribution in [3.8, 4) is 0 Å². The van der Waals surface area contributed by atoms with Crippen LogP contribution >= 0.6 is 0 Å². The molecular weight excluding hydrogens is 212 g/mol. The molecule has 2 atom stereocenters. The van der Waals surface area contributed by atoms with Crippen molar-refractivity contribution in [2.45, 2.75) is 44.7 Å². The molecule has 6 heteroatoms. The number of hydrogen-bond acceptors (Lipinski definition) is 4. The van der Waals surface area contributed by atoms with Crippen LogP contribution in [0.5, 0.6) is 0 Å². The third-order valence-corrected chi connectivity index (χ3v) is 2.56. The molecule has 0 heterocycles. The van der Waals surface area contributed by atoms with Crippen LogP contribution in [0.1, 0.15) is 33.1 Å². The minimum Gasteiger partial charge on any atom is -0.481 e. The van der Waals surface area contributed by atoms with Crippen LogP contribution in [-0.2, 0) is 9.59 Å². The summed E-state index contributed by atoms with van der Waals surface area (Å²) in [4.78, 5) is 21.8. The predicted octanol–water partition coefficient (Wildman–Crippen LogP) is -0.544. The zero-order chi connectivity index (χ0) is 12.8. The smallest absolute Gasteiger partial charge is 0.303 e. The van der Waals surface area contributed by atoms with Crippen molar-refractivity contribution in [2.24, 2.45) is 5.73 Å². The van der Waals surface area contributed by atoms with E-state index in [1.807, 2.05) is 6.92 Å². The Kier molecular flexibility index (Phi) is 5.98. The summed E-state index contributed by atoms with van der Waals surface area (Å²) in [7, 11) is 0. The summed E-state index contributed by atoms with van der Waals surface area (Å²) in [5, 5.41) is 20.1. The maximum absolute atomic E-state index is 11.5. The molecule has 16 heavy (non-hydrogen) atoms. The van der Waals surface area contributed by atoms with Crippen LogP contribution in [0, 0.1) is 0 Å². The highest BCUT2D eigenvalue weighted by atomic mass is 16.4. The molecule has 0 radical (unpaired) electrons. The number of nitrogens with two attached hydrogens (primary N) is 1. The standard InChI is InChI=1S/C10H20N2O4/c1-3-10(2,6-13)12-9(16)7(11)4-5-8(14)15/h7,13H,3-6,11H2,1-2H3,(H,12,16)(H,14,15). The number of carbonyl (C=O) groups excluding carboxylic acids is 1. The van der Waals surface area contributed by atoms with Crippen LogP contribution in [0.15, 0.2) is 0 Å². The lowest BCUT2D eigenvalue weighted by atomic mass is 9.99. The summed E-state index contributed by atoms with van der Waals surface area (Å²) >= 11 is 0. The van der Waals surface area contributed by atoms with Crippen molar-refractivity contribution >= 4 is 11.9 Å². The lowest BCUT2D eigenvalue weighted by Gasteiger charge is -2.28. The van der Waals surface area contributed by atoms with Gasteiger partial charge in [0.25, 0.3) is 0 Å². The third kappa shape index (κ3) is 5.09. The fourth-order valence-electron chi connectivity index (χ4n) is 1.04. The molecule has 0 aromatic heterocycles. The summed E-state index contributed by atoms with van der Waals surface area (Å²) in [6, 6.07) is -0.853. The van der Waals surface area contributed by atoms with Crippen molar-refractivity contribution in [1.29, 1.82) is 0 Å². The summed E-state index contributed by atoms with van der Waals surface area (Å²) in [6.45, 7) is 3.36. The van der Waals surface area contributed by atoms with E-state index in [-0.39, 0.29) is 19.4 Å². The van der Waals surface area contributed by atoms with Gasteiger partial charge in [-0.2, -0.15) is 0 Å². The second-order valence-electron chi connectivity index (χ2n) is 4.10. The van der Waals surface area contributed by atoms with E-state index < -0.39 is 23.5 Å². The highest BCUT2D eigenvalue weighted by molar-refractivity contribution is 5.82. The average Bonchev–Trinajstić information content (AvgIpc) is 2.25. The third-order valence-electron chi connectivity index (χ3n) is 2.56. The molecule has 0 spiro atoms. The largest absolute Gasteiger partial charge is 0.481 e. The number of aliphatic carboxylic acids is 1. The minimum absolute atomic E-state index is 0.0897. The van der Waals surface area contributed by atoms with Gasteiger partial charge in [-0.3, -0.25) is 9.59 Å². The highest BCUT2D eigenvalue weighted by Crippen LogP contribution is 2.08. The van der Waals surface area contributed by atoms with Gasteiger partial charge in [0.1, 0.15) is 0 Å². The fraction of sp³-hybridized carbons (Fsp3) is 0.800. The molecule has 5 N–H and O–H groups in total. The molecule has 0 bridgehead atoms. The van der Waals surface area contributed by atoms with Crippen molar-refractivity contribution in [3.63, 3.8) is 0 Å². The number of rotatable bonds is 7. The van der Waals surface area contributed by atoms with Gasteiger partial charge in [-0.25, -0.2) is 0 Å². The van der Waals surface area contributed by atoms with E-state index >= 15 is 0 Å². The Balaban J connectivity index is 4.18. The summed E-state index contributed by atoms with van der Waals surface area (Å²) in [6.07, 6.45) is 0.518. The SMILES string of the molecule is CCC(C)(CO)NC(=O)C(N)CCC(=O)O. The second kappa shape index (κ2) is 6.44. The second-order valence-corrected chi connectivity index (χ2v) is 4.10. The quantitative estimate of drug-likeness (QED) is 0.470. The summed E-state index contributed by atoms with van der Waals surface area (Å²) in [5.74, 6) is -1.41. The Morgan fingerprint density at radius 3 is 2.44 bits per heavy atom. The van der Waals surface area contributed by atoms with E-state index in [9.17, 15) is 9.59 Å². The van der Waals surface area contributed by atoms with Gasteiger partial charge in [-0.15, -0.1) is 0 Å². The number of amides is 1. The van der Waals surface area contributed by atoms with Gasteiger partial charge in [0.05, 0.1) is 18.2 Å². The number of aliphatic hydroxyl groups is 1. The number of hydrogen-bond donors (Lipinski definition) is 4. The van der Waals surface area contributed by atoms with Crippen molar-refractivity contribution in [3.05, 3.63) is 0 Å². The van der Waals surface area contributed by atoms with E-state index in [0.29, 0.717) is 6.42 Å². The Labute approximate surface area is 94.8 Å². The zero-order valence-electron chi connectivity index (χ0n) is 9.69. The molecule has 2 unspecified atom stereocenters. The molecule has 0 rings (SSSR count). The van der Waals surface area contributed by atoms with Crippen LogP contribution in [0.3, 0.4) is 0 Å². The van der Waals surface area contributed by atoms with Crippen LogP contribution in [0.2, 0.25) is 0 Å². The Hall–Kier alpha value is -1.14. The summed E-state index contributed by atoms with van der Waals surface area (Å²) in [5.41, 5.74) is 4.83. The molecule has 94 valence electrons. The number of aliphatic hydroxyl groups excluding tert-OH is 1. The topological polar surface area (TPSA) is 113 Å². The van der Waals surface area contributed by atoms with Gasteiger partial charge < -0.3 is 21.3 Å². The number of carboxylic acids is 1. The first-order valence-electron chi connectivity index (χ1n) is 5.25. The first kappa shape index (κ1) is 14.9. The van der Waals surface area contributed by atoms with Gasteiger partial charge >= 0.3 is 5.97 Å². The maximum Gasteiger partial charge on any atom is 0.303 e.